The Labute approximate surface area is 94.6 Å². The number of hydrogen-bond donors (Lipinski definition) is 0. The Kier molecular flexibility index (Phi) is 3.74. The molecule has 0 aromatic heterocycles. The van der Waals surface area contributed by atoms with E-state index in [1.807, 2.05) is 12.1 Å². The highest BCUT2D eigenvalue weighted by Gasteiger charge is 2.36. The minimum atomic E-state index is -1.60. The highest BCUT2D eigenvalue weighted by Crippen LogP contribution is 2.36. The van der Waals surface area contributed by atoms with E-state index in [4.69, 9.17) is 4.43 Å². The Morgan fingerprint density at radius 1 is 1.20 bits per heavy atom. The molecule has 0 spiro atoms. The third-order valence-corrected chi connectivity index (χ3v) is 7.67. The quantitative estimate of drug-likeness (QED) is 0.701. The van der Waals surface area contributed by atoms with Crippen LogP contribution in [0.2, 0.25) is 18.1 Å². The first-order valence-electron chi connectivity index (χ1n) is 5.42. The summed E-state index contributed by atoms with van der Waals surface area (Å²) in [6.07, 6.45) is 0. The smallest absolute Gasteiger partial charge is 0.192 e. The van der Waals surface area contributed by atoms with Crippen LogP contribution in [0.4, 0.5) is 0 Å². The lowest BCUT2D eigenvalue weighted by Crippen LogP contribution is -2.40. The summed E-state index contributed by atoms with van der Waals surface area (Å²) >= 11 is 0. The summed E-state index contributed by atoms with van der Waals surface area (Å²) in [5.74, 6) is 0. The molecule has 0 heterocycles. The summed E-state index contributed by atoms with van der Waals surface area (Å²) < 4.78 is 6.10. The maximum Gasteiger partial charge on any atom is 0.192 e. The van der Waals surface area contributed by atoms with Crippen molar-refractivity contribution in [2.24, 2.45) is 0 Å². The van der Waals surface area contributed by atoms with E-state index < -0.39 is 8.32 Å². The lowest BCUT2D eigenvalue weighted by molar-refractivity contribution is 0.276. The van der Waals surface area contributed by atoms with Gasteiger partial charge in [0, 0.05) is 0 Å². The van der Waals surface area contributed by atoms with E-state index in [2.05, 4.69) is 52.1 Å². The van der Waals surface area contributed by atoms with Gasteiger partial charge in [0.1, 0.15) is 0 Å². The zero-order chi connectivity index (χ0) is 11.5. The van der Waals surface area contributed by atoms with E-state index in [-0.39, 0.29) is 5.04 Å². The SMILES string of the molecule is CC(C)(C)[Si](C)(C)OCc1cc[c]cc1. The first-order valence-corrected chi connectivity index (χ1v) is 8.33. The highest BCUT2D eigenvalue weighted by molar-refractivity contribution is 6.74. The van der Waals surface area contributed by atoms with Gasteiger partial charge in [0.25, 0.3) is 0 Å². The zero-order valence-corrected chi connectivity index (χ0v) is 11.4. The zero-order valence-electron chi connectivity index (χ0n) is 10.4. The summed E-state index contributed by atoms with van der Waals surface area (Å²) in [6, 6.07) is 11.0. The molecule has 0 aliphatic carbocycles. The van der Waals surface area contributed by atoms with Crippen LogP contribution in [0.25, 0.3) is 0 Å². The molecule has 0 fully saturated rings. The van der Waals surface area contributed by atoms with E-state index in [1.54, 1.807) is 0 Å². The Morgan fingerprint density at radius 2 is 1.73 bits per heavy atom. The topological polar surface area (TPSA) is 9.23 Å². The molecule has 1 radical (unpaired) electrons. The van der Waals surface area contributed by atoms with Crippen LogP contribution in [0, 0.1) is 6.07 Å². The Hall–Kier alpha value is -0.603. The second-order valence-corrected chi connectivity index (χ2v) is 10.3. The van der Waals surface area contributed by atoms with Crippen LogP contribution < -0.4 is 0 Å². The first-order chi connectivity index (χ1) is 6.83. The molecule has 1 aromatic rings. The van der Waals surface area contributed by atoms with Gasteiger partial charge in [-0.2, -0.15) is 0 Å². The van der Waals surface area contributed by atoms with Gasteiger partial charge in [-0.25, -0.2) is 0 Å². The van der Waals surface area contributed by atoms with Crippen LogP contribution in [0.3, 0.4) is 0 Å². The molecular formula is C13H21OSi. The largest absolute Gasteiger partial charge is 0.413 e. The van der Waals surface area contributed by atoms with Crippen LogP contribution in [0.1, 0.15) is 26.3 Å². The number of rotatable bonds is 3. The molecule has 2 heteroatoms. The molecule has 0 saturated carbocycles. The standard InChI is InChI=1S/C13H21OSi/c1-13(2,3)15(4,5)14-11-12-9-7-6-8-10-12/h7-10H,11H2,1-5H3. The molecule has 1 aromatic carbocycles. The Balaban J connectivity index is 2.58. The maximum atomic E-state index is 6.10. The predicted molar refractivity (Wildman–Crippen MR) is 67.3 cm³/mol. The van der Waals surface area contributed by atoms with Crippen LogP contribution in [0.5, 0.6) is 0 Å². The summed E-state index contributed by atoms with van der Waals surface area (Å²) in [4.78, 5) is 0. The fourth-order valence-corrected chi connectivity index (χ4v) is 1.96. The van der Waals surface area contributed by atoms with Crippen molar-refractivity contribution >= 4 is 8.32 Å². The second-order valence-electron chi connectivity index (χ2n) is 5.46. The summed E-state index contributed by atoms with van der Waals surface area (Å²) in [7, 11) is -1.60. The predicted octanol–water partition coefficient (Wildman–Crippen LogP) is 4.01. The molecule has 83 valence electrons. The minimum absolute atomic E-state index is 0.286. The summed E-state index contributed by atoms with van der Waals surface area (Å²) in [6.45, 7) is 12.1. The molecule has 1 rings (SSSR count). The van der Waals surface area contributed by atoms with Crippen molar-refractivity contribution in [3.63, 3.8) is 0 Å². The van der Waals surface area contributed by atoms with Crippen molar-refractivity contribution in [3.05, 3.63) is 35.9 Å². The highest BCUT2D eigenvalue weighted by atomic mass is 28.4. The van der Waals surface area contributed by atoms with Crippen molar-refractivity contribution in [3.8, 4) is 0 Å². The van der Waals surface area contributed by atoms with Crippen molar-refractivity contribution in [1.29, 1.82) is 0 Å². The minimum Gasteiger partial charge on any atom is -0.413 e. The molecule has 0 atom stereocenters. The van der Waals surface area contributed by atoms with Crippen LogP contribution >= 0.6 is 0 Å². The second kappa shape index (κ2) is 4.50. The van der Waals surface area contributed by atoms with Crippen LogP contribution in [0.15, 0.2) is 24.3 Å². The third kappa shape index (κ3) is 3.47. The van der Waals surface area contributed by atoms with Gasteiger partial charge in [0.05, 0.1) is 6.61 Å². The third-order valence-electron chi connectivity index (χ3n) is 3.19. The lowest BCUT2D eigenvalue weighted by atomic mass is 10.2. The van der Waals surface area contributed by atoms with Gasteiger partial charge < -0.3 is 4.43 Å². The lowest BCUT2D eigenvalue weighted by Gasteiger charge is -2.36. The van der Waals surface area contributed by atoms with E-state index in [9.17, 15) is 0 Å². The monoisotopic (exact) mass is 221 g/mol. The van der Waals surface area contributed by atoms with Gasteiger partial charge >= 0.3 is 0 Å². The maximum absolute atomic E-state index is 6.10. The van der Waals surface area contributed by atoms with Crippen molar-refractivity contribution in [2.75, 3.05) is 0 Å². The van der Waals surface area contributed by atoms with E-state index in [0.29, 0.717) is 0 Å². The van der Waals surface area contributed by atoms with Crippen molar-refractivity contribution in [1.82, 2.24) is 0 Å². The van der Waals surface area contributed by atoms with Crippen molar-refractivity contribution in [2.45, 2.75) is 45.5 Å². The van der Waals surface area contributed by atoms with Gasteiger partial charge in [0.2, 0.25) is 0 Å². The average molecular weight is 221 g/mol. The van der Waals surface area contributed by atoms with Gasteiger partial charge in [0.15, 0.2) is 8.32 Å². The van der Waals surface area contributed by atoms with Gasteiger partial charge in [-0.3, -0.25) is 0 Å². The van der Waals surface area contributed by atoms with Crippen molar-refractivity contribution < 1.29 is 4.43 Å². The summed E-state index contributed by atoms with van der Waals surface area (Å²) in [5.41, 5.74) is 1.23. The Morgan fingerprint density at radius 3 is 2.20 bits per heavy atom. The molecule has 0 N–H and O–H groups in total. The molecule has 15 heavy (non-hydrogen) atoms. The van der Waals surface area contributed by atoms with Crippen LogP contribution in [-0.2, 0) is 11.0 Å². The molecule has 0 bridgehead atoms. The van der Waals surface area contributed by atoms with E-state index in [1.165, 1.54) is 5.56 Å². The Bertz CT molecular complexity index is 298. The summed E-state index contributed by atoms with van der Waals surface area (Å²) in [5, 5.41) is 0.286. The molecule has 0 saturated heterocycles. The van der Waals surface area contributed by atoms with E-state index in [0.717, 1.165) is 6.61 Å². The van der Waals surface area contributed by atoms with E-state index >= 15 is 0 Å². The molecule has 0 amide bonds. The number of hydrogen-bond acceptors (Lipinski definition) is 1. The first kappa shape index (κ1) is 12.5. The van der Waals surface area contributed by atoms with Gasteiger partial charge in [-0.05, 0) is 29.8 Å². The number of benzene rings is 1. The molecule has 0 aliphatic rings. The normalized spacial score (nSPS) is 12.9. The molecule has 0 unspecified atom stereocenters. The molecule has 0 aliphatic heterocycles. The molecular weight excluding hydrogens is 200 g/mol. The molecule has 1 nitrogen and oxygen atoms in total. The average Bonchev–Trinajstić information content (AvgIpc) is 2.15. The fourth-order valence-electron chi connectivity index (χ4n) is 0.998. The van der Waals surface area contributed by atoms with Gasteiger partial charge in [-0.1, -0.05) is 45.0 Å². The van der Waals surface area contributed by atoms with Gasteiger partial charge in [-0.15, -0.1) is 0 Å². The van der Waals surface area contributed by atoms with Crippen LogP contribution in [-0.4, -0.2) is 8.32 Å². The fraction of sp³-hybridized carbons (Fsp3) is 0.538.